The number of H-pyrrole nitrogens is 1. The van der Waals surface area contributed by atoms with E-state index in [0.717, 1.165) is 35.8 Å². The van der Waals surface area contributed by atoms with Crippen LogP contribution in [0.3, 0.4) is 0 Å². The van der Waals surface area contributed by atoms with Crippen LogP contribution in [0.25, 0.3) is 22.0 Å². The van der Waals surface area contributed by atoms with Gasteiger partial charge in [-0.05, 0) is 54.7 Å². The minimum absolute atomic E-state index is 0.0907. The average molecular weight is 492 g/mol. The van der Waals surface area contributed by atoms with Crippen LogP contribution in [0.4, 0.5) is 0 Å². The van der Waals surface area contributed by atoms with Gasteiger partial charge in [0.05, 0.1) is 29.3 Å². The summed E-state index contributed by atoms with van der Waals surface area (Å²) in [5, 5.41) is 0.631. The summed E-state index contributed by atoms with van der Waals surface area (Å²) in [6.07, 6.45) is 4.12. The second kappa shape index (κ2) is 8.74. The van der Waals surface area contributed by atoms with E-state index in [4.69, 9.17) is 4.74 Å². The van der Waals surface area contributed by atoms with Gasteiger partial charge in [-0.1, -0.05) is 30.3 Å². The Labute approximate surface area is 202 Å². The first kappa shape index (κ1) is 22.9. The minimum atomic E-state index is -3.86. The normalized spacial score (nSPS) is 13.3. The van der Waals surface area contributed by atoms with E-state index in [1.165, 1.54) is 6.20 Å². The number of aromatic nitrogens is 2. The van der Waals surface area contributed by atoms with Crippen molar-refractivity contribution < 1.29 is 17.9 Å². The van der Waals surface area contributed by atoms with E-state index >= 15 is 0 Å². The Balaban J connectivity index is 1.91. The number of fused-ring (bicyclic) bond motifs is 3. The minimum Gasteiger partial charge on any atom is -0.493 e. The number of nitrogens with zero attached hydrogens (tertiary/aromatic N) is 1. The lowest BCUT2D eigenvalue weighted by molar-refractivity contribution is 0.0974. The highest BCUT2D eigenvalue weighted by atomic mass is 32.2. The molecule has 4 aromatic rings. The van der Waals surface area contributed by atoms with Gasteiger partial charge in [-0.25, -0.2) is 13.1 Å². The average Bonchev–Trinajstić information content (AvgIpc) is 3.14. The summed E-state index contributed by atoms with van der Waals surface area (Å²) in [6.45, 7) is 2.80. The molecule has 2 aromatic heterocycles. The first-order chi connectivity index (χ1) is 16.7. The number of rotatable bonds is 5. The largest absolute Gasteiger partial charge is 0.493 e. The number of carbonyl (C=O) groups excluding carboxylic acids is 1. The fraction of sp³-hybridized carbons (Fsp3) is 0.231. The molecule has 0 saturated heterocycles. The number of nitrogens with one attached hydrogen (secondary N) is 2. The zero-order valence-electron chi connectivity index (χ0n) is 19.4. The van der Waals surface area contributed by atoms with Gasteiger partial charge in [-0.3, -0.25) is 9.59 Å². The van der Waals surface area contributed by atoms with Crippen LogP contribution in [0.5, 0.6) is 5.75 Å². The van der Waals surface area contributed by atoms with Crippen molar-refractivity contribution in [3.05, 3.63) is 87.5 Å². The Hall–Kier alpha value is -3.85. The summed E-state index contributed by atoms with van der Waals surface area (Å²) in [7, 11) is -3.86. The Morgan fingerprint density at radius 1 is 1.14 bits per heavy atom. The van der Waals surface area contributed by atoms with Crippen molar-refractivity contribution in [2.24, 2.45) is 0 Å². The van der Waals surface area contributed by atoms with Gasteiger partial charge in [-0.15, -0.1) is 0 Å². The summed E-state index contributed by atoms with van der Waals surface area (Å²) >= 11 is 0. The molecule has 35 heavy (non-hydrogen) atoms. The Morgan fingerprint density at radius 2 is 1.94 bits per heavy atom. The zero-order chi connectivity index (χ0) is 24.7. The molecular weight excluding hydrogens is 466 g/mol. The molecule has 2 N–H and O–H groups in total. The van der Waals surface area contributed by atoms with Gasteiger partial charge >= 0.3 is 0 Å². The van der Waals surface area contributed by atoms with Crippen molar-refractivity contribution in [3.63, 3.8) is 0 Å². The second-order valence-electron chi connectivity index (χ2n) is 8.75. The van der Waals surface area contributed by atoms with Crippen LogP contribution in [0.2, 0.25) is 0 Å². The number of aromatic amines is 1. The molecule has 0 saturated carbocycles. The summed E-state index contributed by atoms with van der Waals surface area (Å²) in [5.41, 5.74) is 3.99. The van der Waals surface area contributed by atoms with Gasteiger partial charge < -0.3 is 14.3 Å². The lowest BCUT2D eigenvalue weighted by Gasteiger charge is -2.19. The monoisotopic (exact) mass is 491 g/mol. The summed E-state index contributed by atoms with van der Waals surface area (Å²) in [4.78, 5) is 29.2. The van der Waals surface area contributed by atoms with Crippen molar-refractivity contribution in [2.75, 3.05) is 12.9 Å². The Kier molecular flexibility index (Phi) is 5.72. The number of aryl methyl sites for hydroxylation is 2. The van der Waals surface area contributed by atoms with Crippen molar-refractivity contribution in [1.82, 2.24) is 14.3 Å². The summed E-state index contributed by atoms with van der Waals surface area (Å²) in [5.74, 6) is -0.177. The van der Waals surface area contributed by atoms with Crippen LogP contribution < -0.4 is 15.0 Å². The number of carbonyl (C=O) groups is 1. The number of hydrogen-bond donors (Lipinski definition) is 2. The number of pyridine rings is 1. The lowest BCUT2D eigenvalue weighted by atomic mass is 9.97. The maximum Gasteiger partial charge on any atom is 0.282 e. The zero-order valence-corrected chi connectivity index (χ0v) is 20.2. The van der Waals surface area contributed by atoms with Gasteiger partial charge in [0.15, 0.2) is 0 Å². The van der Waals surface area contributed by atoms with Gasteiger partial charge in [-0.2, -0.15) is 0 Å². The van der Waals surface area contributed by atoms with Gasteiger partial charge in [0, 0.05) is 18.3 Å². The van der Waals surface area contributed by atoms with Crippen LogP contribution in [-0.2, 0) is 23.0 Å². The number of hydrogen-bond acceptors (Lipinski definition) is 5. The van der Waals surface area contributed by atoms with E-state index in [-0.39, 0.29) is 16.8 Å². The molecule has 5 rings (SSSR count). The van der Waals surface area contributed by atoms with E-state index in [9.17, 15) is 18.0 Å². The molecule has 0 fully saturated rings. The lowest BCUT2D eigenvalue weighted by Crippen LogP contribution is -2.32. The van der Waals surface area contributed by atoms with Crippen LogP contribution in [0, 0.1) is 6.92 Å². The predicted molar refractivity (Wildman–Crippen MR) is 134 cm³/mol. The Bertz CT molecular complexity index is 1630. The van der Waals surface area contributed by atoms with Crippen molar-refractivity contribution in [2.45, 2.75) is 26.3 Å². The molecule has 2 aromatic carbocycles. The number of ether oxygens (including phenoxy) is 1. The molecule has 8 nitrogen and oxygen atoms in total. The van der Waals surface area contributed by atoms with E-state index < -0.39 is 15.9 Å². The summed E-state index contributed by atoms with van der Waals surface area (Å²) in [6, 6.07) is 15.0. The topological polar surface area (TPSA) is 110 Å². The molecule has 0 atom stereocenters. The molecule has 0 bridgehead atoms. The highest BCUT2D eigenvalue weighted by Gasteiger charge is 2.30. The molecular formula is C26H25N3O5S. The molecule has 1 aliphatic rings. The Morgan fingerprint density at radius 3 is 2.69 bits per heavy atom. The second-order valence-corrected chi connectivity index (χ2v) is 10.5. The molecule has 0 radical (unpaired) electrons. The molecule has 0 unspecified atom stereocenters. The quantitative estimate of drug-likeness (QED) is 0.445. The SMILES string of the molecule is Cc1ccccc1Cn1c(C(=O)NS(C)(=O)=O)c(-c2ccc[nH]c2=O)c2c3c(ccc21)CCCO3. The van der Waals surface area contributed by atoms with Crippen LogP contribution in [0.15, 0.2) is 59.5 Å². The molecule has 1 amide bonds. The first-order valence-electron chi connectivity index (χ1n) is 11.3. The van der Waals surface area contributed by atoms with Crippen LogP contribution in [0.1, 0.15) is 33.6 Å². The van der Waals surface area contributed by atoms with E-state index in [2.05, 4.69) is 9.71 Å². The van der Waals surface area contributed by atoms with Gasteiger partial charge in [0.25, 0.3) is 11.5 Å². The highest BCUT2D eigenvalue weighted by Crippen LogP contribution is 2.43. The predicted octanol–water partition coefficient (Wildman–Crippen LogP) is 3.37. The van der Waals surface area contributed by atoms with Gasteiger partial charge in [0.2, 0.25) is 10.0 Å². The van der Waals surface area contributed by atoms with Crippen molar-refractivity contribution in [1.29, 1.82) is 0 Å². The van der Waals surface area contributed by atoms with Crippen molar-refractivity contribution >= 4 is 26.8 Å². The van der Waals surface area contributed by atoms with E-state index in [1.54, 1.807) is 16.7 Å². The highest BCUT2D eigenvalue weighted by molar-refractivity contribution is 7.89. The smallest absolute Gasteiger partial charge is 0.282 e. The molecule has 0 aliphatic carbocycles. The van der Waals surface area contributed by atoms with E-state index in [0.29, 0.717) is 35.4 Å². The maximum atomic E-state index is 13.5. The molecule has 180 valence electrons. The molecule has 9 heteroatoms. The molecule has 3 heterocycles. The number of sulfonamides is 1. The maximum absolute atomic E-state index is 13.5. The summed E-state index contributed by atoms with van der Waals surface area (Å²) < 4.78 is 34.1. The standard InChI is InChI=1S/C26H25N3O5S/c1-16-7-3-4-8-18(16)15-29-20-12-11-17-9-6-14-34-24(17)22(20)21(19-10-5-13-27-25(19)30)23(29)26(31)28-35(2,32)33/h3-5,7-8,10-13H,6,9,14-15H2,1-2H3,(H,27,30)(H,28,31). The van der Waals surface area contributed by atoms with Crippen LogP contribution in [-0.4, -0.2) is 36.7 Å². The van der Waals surface area contributed by atoms with E-state index in [1.807, 2.05) is 43.3 Å². The fourth-order valence-corrected chi connectivity index (χ4v) is 5.14. The van der Waals surface area contributed by atoms with Crippen molar-refractivity contribution in [3.8, 4) is 16.9 Å². The third kappa shape index (κ3) is 4.23. The molecule has 1 aliphatic heterocycles. The first-order valence-corrected chi connectivity index (χ1v) is 13.2. The number of amides is 1. The van der Waals surface area contributed by atoms with Gasteiger partial charge in [0.1, 0.15) is 11.4 Å². The fourth-order valence-electron chi connectivity index (χ4n) is 4.71. The van der Waals surface area contributed by atoms with Crippen LogP contribution >= 0.6 is 0 Å². The number of benzene rings is 2. The third-order valence-electron chi connectivity index (χ3n) is 6.27. The third-order valence-corrected chi connectivity index (χ3v) is 6.83. The molecule has 0 spiro atoms.